The molecule has 0 fully saturated rings. The van der Waals surface area contributed by atoms with E-state index in [1.807, 2.05) is 12.1 Å². The van der Waals surface area contributed by atoms with Crippen molar-refractivity contribution in [3.05, 3.63) is 63.7 Å². The predicted molar refractivity (Wildman–Crippen MR) is 108 cm³/mol. The molecule has 1 amide bonds. The zero-order valence-corrected chi connectivity index (χ0v) is 17.0. The number of nitro benzene ring substituents is 1. The fourth-order valence-corrected chi connectivity index (χ4v) is 2.53. The number of benzene rings is 2. The average molecular weight is 400 g/mol. The van der Waals surface area contributed by atoms with Gasteiger partial charge in [0.15, 0.2) is 6.10 Å². The van der Waals surface area contributed by atoms with Crippen molar-refractivity contribution in [2.45, 2.75) is 39.2 Å². The van der Waals surface area contributed by atoms with Crippen molar-refractivity contribution in [3.8, 4) is 5.75 Å². The smallest absolute Gasteiger partial charge is 0.338 e. The minimum Gasteiger partial charge on any atom is -0.495 e. The number of esters is 1. The summed E-state index contributed by atoms with van der Waals surface area (Å²) in [5.41, 5.74) is 1.25. The van der Waals surface area contributed by atoms with Gasteiger partial charge >= 0.3 is 5.97 Å². The van der Waals surface area contributed by atoms with Gasteiger partial charge in [0, 0.05) is 12.1 Å². The van der Waals surface area contributed by atoms with E-state index >= 15 is 0 Å². The lowest BCUT2D eigenvalue weighted by molar-refractivity contribution is -0.384. The van der Waals surface area contributed by atoms with Crippen molar-refractivity contribution in [2.24, 2.45) is 0 Å². The van der Waals surface area contributed by atoms with Gasteiger partial charge in [-0.3, -0.25) is 14.9 Å². The molecular formula is C21H24N2O6. The summed E-state index contributed by atoms with van der Waals surface area (Å²) >= 11 is 0. The molecule has 1 atom stereocenters. The van der Waals surface area contributed by atoms with Crippen molar-refractivity contribution in [2.75, 3.05) is 12.4 Å². The number of carbonyl (C=O) groups is 2. The van der Waals surface area contributed by atoms with Crippen LogP contribution in [0.1, 0.15) is 43.6 Å². The minimum atomic E-state index is -1.12. The number of anilines is 1. The Morgan fingerprint density at radius 2 is 1.72 bits per heavy atom. The number of hydrogen-bond donors (Lipinski definition) is 1. The van der Waals surface area contributed by atoms with Crippen LogP contribution < -0.4 is 10.1 Å². The number of ether oxygens (including phenoxy) is 2. The minimum absolute atomic E-state index is 0.0486. The van der Waals surface area contributed by atoms with Crippen LogP contribution in [0.25, 0.3) is 0 Å². The number of amides is 1. The first-order chi connectivity index (χ1) is 13.5. The molecule has 0 saturated carbocycles. The summed E-state index contributed by atoms with van der Waals surface area (Å²) < 4.78 is 10.3. The van der Waals surface area contributed by atoms with E-state index in [2.05, 4.69) is 26.1 Å². The quantitative estimate of drug-likeness (QED) is 0.445. The molecule has 2 aromatic rings. The predicted octanol–water partition coefficient (Wildman–Crippen LogP) is 4.08. The monoisotopic (exact) mass is 400 g/mol. The standard InChI is InChI=1S/C21H24N2O6/c1-13(29-20(25)14-6-8-15(9-7-14)21(2,3)4)19(24)22-17-12-16(23(26)27)10-11-18(17)28-5/h6-13H,1-5H3,(H,22,24)/t13-/m0/s1. The van der Waals surface area contributed by atoms with Gasteiger partial charge in [-0.1, -0.05) is 32.9 Å². The summed E-state index contributed by atoms with van der Waals surface area (Å²) in [5.74, 6) is -1.03. The lowest BCUT2D eigenvalue weighted by atomic mass is 9.87. The summed E-state index contributed by atoms with van der Waals surface area (Å²) in [6.45, 7) is 7.61. The van der Waals surface area contributed by atoms with Gasteiger partial charge in [0.25, 0.3) is 11.6 Å². The Labute approximate surface area is 169 Å². The average Bonchev–Trinajstić information content (AvgIpc) is 2.67. The zero-order chi connectivity index (χ0) is 21.8. The molecule has 0 aromatic heterocycles. The molecule has 2 rings (SSSR count). The maximum absolute atomic E-state index is 12.4. The maximum Gasteiger partial charge on any atom is 0.338 e. The summed E-state index contributed by atoms with van der Waals surface area (Å²) in [6.07, 6.45) is -1.12. The van der Waals surface area contributed by atoms with Gasteiger partial charge < -0.3 is 14.8 Å². The summed E-state index contributed by atoms with van der Waals surface area (Å²) in [7, 11) is 1.38. The SMILES string of the molecule is COc1ccc([N+](=O)[O-])cc1NC(=O)[C@H](C)OC(=O)c1ccc(C(C)(C)C)cc1. The van der Waals surface area contributed by atoms with Crippen LogP contribution in [0.3, 0.4) is 0 Å². The molecule has 8 heteroatoms. The Balaban J connectivity index is 2.08. The van der Waals surface area contributed by atoms with E-state index < -0.39 is 22.9 Å². The Bertz CT molecular complexity index is 916. The first-order valence-corrected chi connectivity index (χ1v) is 8.97. The molecule has 0 aliphatic carbocycles. The Morgan fingerprint density at radius 1 is 1.10 bits per heavy atom. The van der Waals surface area contributed by atoms with E-state index in [0.29, 0.717) is 5.56 Å². The second kappa shape index (κ2) is 8.72. The first-order valence-electron chi connectivity index (χ1n) is 8.97. The summed E-state index contributed by atoms with van der Waals surface area (Å²) in [4.78, 5) is 35.1. The Hall–Kier alpha value is -3.42. The molecular weight excluding hydrogens is 376 g/mol. The molecule has 0 spiro atoms. The largest absolute Gasteiger partial charge is 0.495 e. The third-order valence-electron chi connectivity index (χ3n) is 4.29. The van der Waals surface area contributed by atoms with Gasteiger partial charge in [-0.15, -0.1) is 0 Å². The van der Waals surface area contributed by atoms with Gasteiger partial charge in [-0.2, -0.15) is 0 Å². The Kier molecular flexibility index (Phi) is 6.58. The van der Waals surface area contributed by atoms with E-state index in [0.717, 1.165) is 5.56 Å². The number of rotatable bonds is 6. The first kappa shape index (κ1) is 21.9. The van der Waals surface area contributed by atoms with Crippen LogP contribution in [0.5, 0.6) is 5.75 Å². The van der Waals surface area contributed by atoms with Crippen molar-refractivity contribution in [1.82, 2.24) is 0 Å². The molecule has 0 saturated heterocycles. The number of hydrogen-bond acceptors (Lipinski definition) is 6. The van der Waals surface area contributed by atoms with E-state index in [1.54, 1.807) is 12.1 Å². The third kappa shape index (κ3) is 5.54. The summed E-state index contributed by atoms with van der Waals surface area (Å²) in [5, 5.41) is 13.4. The number of non-ortho nitro benzene ring substituents is 1. The van der Waals surface area contributed by atoms with Crippen molar-refractivity contribution < 1.29 is 24.0 Å². The number of methoxy groups -OCH3 is 1. The highest BCUT2D eigenvalue weighted by atomic mass is 16.6. The highest BCUT2D eigenvalue weighted by molar-refractivity contribution is 5.98. The van der Waals surface area contributed by atoms with E-state index in [-0.39, 0.29) is 22.5 Å². The maximum atomic E-state index is 12.4. The van der Waals surface area contributed by atoms with Crippen LogP contribution >= 0.6 is 0 Å². The molecule has 0 unspecified atom stereocenters. The van der Waals surface area contributed by atoms with Gasteiger partial charge in [0.05, 0.1) is 23.3 Å². The second-order valence-electron chi connectivity index (χ2n) is 7.51. The van der Waals surface area contributed by atoms with Gasteiger partial charge in [-0.05, 0) is 36.1 Å². The van der Waals surface area contributed by atoms with E-state index in [9.17, 15) is 19.7 Å². The molecule has 2 aromatic carbocycles. The third-order valence-corrected chi connectivity index (χ3v) is 4.29. The van der Waals surface area contributed by atoms with Crippen LogP contribution in [0.4, 0.5) is 11.4 Å². The van der Waals surface area contributed by atoms with Crippen molar-refractivity contribution in [3.63, 3.8) is 0 Å². The van der Waals surface area contributed by atoms with Crippen molar-refractivity contribution in [1.29, 1.82) is 0 Å². The fourth-order valence-electron chi connectivity index (χ4n) is 2.53. The lowest BCUT2D eigenvalue weighted by Crippen LogP contribution is -2.30. The molecule has 29 heavy (non-hydrogen) atoms. The summed E-state index contributed by atoms with van der Waals surface area (Å²) in [6, 6.07) is 10.8. The normalized spacial score (nSPS) is 12.0. The van der Waals surface area contributed by atoms with Gasteiger partial charge in [0.1, 0.15) is 5.75 Å². The molecule has 1 N–H and O–H groups in total. The molecule has 0 heterocycles. The molecule has 8 nitrogen and oxygen atoms in total. The molecule has 0 bridgehead atoms. The highest BCUT2D eigenvalue weighted by Crippen LogP contribution is 2.29. The molecule has 154 valence electrons. The molecule has 0 radical (unpaired) electrons. The molecule has 0 aliphatic rings. The van der Waals surface area contributed by atoms with Crippen LogP contribution in [0, 0.1) is 10.1 Å². The molecule has 0 aliphatic heterocycles. The zero-order valence-electron chi connectivity index (χ0n) is 17.0. The van der Waals surface area contributed by atoms with Gasteiger partial charge in [-0.25, -0.2) is 4.79 Å². The number of carbonyl (C=O) groups excluding carboxylic acids is 2. The Morgan fingerprint density at radius 3 is 2.24 bits per heavy atom. The van der Waals surface area contributed by atoms with Crippen LogP contribution in [0.15, 0.2) is 42.5 Å². The van der Waals surface area contributed by atoms with Crippen LogP contribution in [-0.4, -0.2) is 30.0 Å². The number of nitro groups is 1. The van der Waals surface area contributed by atoms with Crippen LogP contribution in [-0.2, 0) is 14.9 Å². The number of nitrogens with one attached hydrogen (secondary N) is 1. The highest BCUT2D eigenvalue weighted by Gasteiger charge is 2.22. The second-order valence-corrected chi connectivity index (χ2v) is 7.51. The topological polar surface area (TPSA) is 108 Å². The van der Waals surface area contributed by atoms with E-state index in [4.69, 9.17) is 9.47 Å². The number of nitrogens with zero attached hydrogens (tertiary/aromatic N) is 1. The fraction of sp³-hybridized carbons (Fsp3) is 0.333. The van der Waals surface area contributed by atoms with Crippen LogP contribution in [0.2, 0.25) is 0 Å². The van der Waals surface area contributed by atoms with E-state index in [1.165, 1.54) is 32.2 Å². The van der Waals surface area contributed by atoms with Crippen molar-refractivity contribution >= 4 is 23.3 Å². The van der Waals surface area contributed by atoms with Gasteiger partial charge in [0.2, 0.25) is 0 Å². The lowest BCUT2D eigenvalue weighted by Gasteiger charge is -2.19.